The Balaban J connectivity index is 0.000000461. The Hall–Kier alpha value is -1.71. The van der Waals surface area contributed by atoms with Crippen molar-refractivity contribution >= 4 is 11.0 Å². The van der Waals surface area contributed by atoms with Gasteiger partial charge in [0.15, 0.2) is 0 Å². The number of fused-ring (bicyclic) bond motifs is 1. The van der Waals surface area contributed by atoms with Gasteiger partial charge in [-0.15, -0.1) is 0 Å². The smallest absolute Gasteiger partial charge is 0.252 e. The lowest BCUT2D eigenvalue weighted by Gasteiger charge is -1.95. The lowest BCUT2D eigenvalue weighted by Crippen LogP contribution is -2.09. The minimum atomic E-state index is -0.0961. The number of aromatic amines is 1. The predicted octanol–water partition coefficient (Wildman–Crippen LogP) is 1.65. The van der Waals surface area contributed by atoms with Crippen LogP contribution in [0.5, 0.6) is 0 Å². The van der Waals surface area contributed by atoms with Gasteiger partial charge in [-0.3, -0.25) is 4.79 Å². The molecule has 0 aliphatic rings. The third kappa shape index (κ3) is 1.96. The second-order valence-corrected chi connectivity index (χ2v) is 2.61. The van der Waals surface area contributed by atoms with Gasteiger partial charge in [-0.2, -0.15) is 0 Å². The van der Waals surface area contributed by atoms with Gasteiger partial charge in [0.05, 0.1) is 0 Å². The Bertz CT molecular complexity index is 476. The van der Waals surface area contributed by atoms with Crippen molar-refractivity contribution in [3.8, 4) is 0 Å². The van der Waals surface area contributed by atoms with Crippen molar-refractivity contribution in [3.63, 3.8) is 0 Å². The fourth-order valence-corrected chi connectivity index (χ4v) is 1.06. The highest BCUT2D eigenvalue weighted by Gasteiger charge is 1.97. The summed E-state index contributed by atoms with van der Waals surface area (Å²) in [7, 11) is 0. The summed E-state index contributed by atoms with van der Waals surface area (Å²) in [5, 5.41) is 0.856. The van der Waals surface area contributed by atoms with Crippen molar-refractivity contribution in [3.05, 3.63) is 34.5 Å². The number of nitrogens with zero attached hydrogens (tertiary/aromatic N) is 2. The minimum Gasteiger partial charge on any atom is -0.306 e. The van der Waals surface area contributed by atoms with Crippen LogP contribution in [0.4, 0.5) is 0 Å². The summed E-state index contributed by atoms with van der Waals surface area (Å²) in [5.41, 5.74) is 1.17. The second-order valence-electron chi connectivity index (χ2n) is 2.61. The van der Waals surface area contributed by atoms with Crippen LogP contribution >= 0.6 is 0 Å². The first-order valence-electron chi connectivity index (χ1n) is 4.57. The number of rotatable bonds is 0. The number of pyridine rings is 1. The molecule has 14 heavy (non-hydrogen) atoms. The first kappa shape index (κ1) is 10.4. The first-order valence-corrected chi connectivity index (χ1v) is 4.57. The van der Waals surface area contributed by atoms with Gasteiger partial charge in [0.1, 0.15) is 12.0 Å². The number of hydrogen-bond acceptors (Lipinski definition) is 3. The molecule has 0 saturated heterocycles. The minimum absolute atomic E-state index is 0.0961. The lowest BCUT2D eigenvalue weighted by molar-refractivity contribution is 1.14. The molecule has 4 heteroatoms. The molecule has 0 aliphatic carbocycles. The van der Waals surface area contributed by atoms with E-state index in [1.165, 1.54) is 6.33 Å². The Labute approximate surface area is 82.0 Å². The molecule has 0 atom stereocenters. The number of aryl methyl sites for hydroxylation is 1. The van der Waals surface area contributed by atoms with E-state index in [1.54, 1.807) is 19.2 Å². The van der Waals surface area contributed by atoms with E-state index in [0.29, 0.717) is 11.2 Å². The highest BCUT2D eigenvalue weighted by molar-refractivity contribution is 5.73. The molecule has 2 heterocycles. The highest BCUT2D eigenvalue weighted by atomic mass is 16.1. The van der Waals surface area contributed by atoms with E-state index in [2.05, 4.69) is 15.0 Å². The molecule has 1 N–H and O–H groups in total. The van der Waals surface area contributed by atoms with Gasteiger partial charge in [0.25, 0.3) is 5.56 Å². The molecule has 0 bridgehead atoms. The Morgan fingerprint density at radius 3 is 2.79 bits per heavy atom. The summed E-state index contributed by atoms with van der Waals surface area (Å²) < 4.78 is 0. The van der Waals surface area contributed by atoms with Crippen LogP contribution in [-0.4, -0.2) is 15.0 Å². The third-order valence-corrected chi connectivity index (χ3v) is 1.70. The molecule has 0 saturated carbocycles. The van der Waals surface area contributed by atoms with Gasteiger partial charge in [0, 0.05) is 17.1 Å². The normalized spacial score (nSPS) is 9.36. The fraction of sp³-hybridized carbons (Fsp3) is 0.300. The van der Waals surface area contributed by atoms with Crippen molar-refractivity contribution in [2.75, 3.05) is 0 Å². The summed E-state index contributed by atoms with van der Waals surface area (Å²) in [4.78, 5) is 21.5. The average Bonchev–Trinajstić information content (AvgIpc) is 2.23. The van der Waals surface area contributed by atoms with Crippen molar-refractivity contribution in [2.24, 2.45) is 0 Å². The average molecular weight is 191 g/mol. The Kier molecular flexibility index (Phi) is 3.34. The standard InChI is InChI=1S/C8H7N3O.C2H6/c1-5-2-6-3-9-4-10-7(6)11-8(5)12;1-2/h2-4H,1H3,(H,9,10,11,12);1-2H3. The van der Waals surface area contributed by atoms with Crippen molar-refractivity contribution in [1.29, 1.82) is 0 Å². The van der Waals surface area contributed by atoms with Crippen molar-refractivity contribution in [2.45, 2.75) is 20.8 Å². The molecule has 0 aromatic carbocycles. The van der Waals surface area contributed by atoms with Crippen LogP contribution in [-0.2, 0) is 0 Å². The zero-order valence-electron chi connectivity index (χ0n) is 8.53. The lowest BCUT2D eigenvalue weighted by atomic mass is 10.2. The molecule has 2 rings (SSSR count). The number of hydrogen-bond donors (Lipinski definition) is 1. The summed E-state index contributed by atoms with van der Waals surface area (Å²) >= 11 is 0. The van der Waals surface area contributed by atoms with E-state index in [4.69, 9.17) is 0 Å². The summed E-state index contributed by atoms with van der Waals surface area (Å²) in [6.07, 6.45) is 3.08. The summed E-state index contributed by atoms with van der Waals surface area (Å²) in [5.74, 6) is 0. The molecule has 74 valence electrons. The largest absolute Gasteiger partial charge is 0.306 e. The fourth-order valence-electron chi connectivity index (χ4n) is 1.06. The summed E-state index contributed by atoms with van der Waals surface area (Å²) in [6.45, 7) is 5.76. The molecule has 2 aromatic rings. The molecule has 0 aliphatic heterocycles. The SMILES string of the molecule is CC.Cc1cc2cncnc2[nH]c1=O. The molecule has 0 radical (unpaired) electrons. The molecular weight excluding hydrogens is 178 g/mol. The van der Waals surface area contributed by atoms with Gasteiger partial charge >= 0.3 is 0 Å². The van der Waals surface area contributed by atoms with Gasteiger partial charge in [-0.25, -0.2) is 9.97 Å². The van der Waals surface area contributed by atoms with E-state index < -0.39 is 0 Å². The monoisotopic (exact) mass is 191 g/mol. The Morgan fingerprint density at radius 2 is 2.07 bits per heavy atom. The zero-order chi connectivity index (χ0) is 10.6. The molecule has 0 unspecified atom stereocenters. The van der Waals surface area contributed by atoms with Gasteiger partial charge in [-0.05, 0) is 13.0 Å². The third-order valence-electron chi connectivity index (χ3n) is 1.70. The maximum absolute atomic E-state index is 11.1. The van der Waals surface area contributed by atoms with E-state index >= 15 is 0 Å². The molecule has 0 amide bonds. The molecule has 0 fully saturated rings. The van der Waals surface area contributed by atoms with Crippen LogP contribution in [0.1, 0.15) is 19.4 Å². The van der Waals surface area contributed by atoms with E-state index in [1.807, 2.05) is 13.8 Å². The van der Waals surface area contributed by atoms with Crippen LogP contribution in [0.2, 0.25) is 0 Å². The van der Waals surface area contributed by atoms with Crippen LogP contribution < -0.4 is 5.56 Å². The molecule has 2 aromatic heterocycles. The second kappa shape index (κ2) is 4.50. The van der Waals surface area contributed by atoms with Crippen molar-refractivity contribution < 1.29 is 0 Å². The van der Waals surface area contributed by atoms with Gasteiger partial charge in [-0.1, -0.05) is 13.8 Å². The first-order chi connectivity index (χ1) is 6.77. The molecule has 0 spiro atoms. The van der Waals surface area contributed by atoms with Crippen molar-refractivity contribution in [1.82, 2.24) is 15.0 Å². The van der Waals surface area contributed by atoms with Crippen LogP contribution in [0.25, 0.3) is 11.0 Å². The molecular formula is C10H13N3O. The Morgan fingerprint density at radius 1 is 1.36 bits per heavy atom. The number of H-pyrrole nitrogens is 1. The van der Waals surface area contributed by atoms with E-state index in [0.717, 1.165) is 5.39 Å². The van der Waals surface area contributed by atoms with Crippen LogP contribution in [0.15, 0.2) is 23.4 Å². The van der Waals surface area contributed by atoms with E-state index in [-0.39, 0.29) is 5.56 Å². The highest BCUT2D eigenvalue weighted by Crippen LogP contribution is 2.04. The predicted molar refractivity (Wildman–Crippen MR) is 56.2 cm³/mol. The van der Waals surface area contributed by atoms with E-state index in [9.17, 15) is 4.79 Å². The molecule has 4 nitrogen and oxygen atoms in total. The number of aromatic nitrogens is 3. The van der Waals surface area contributed by atoms with Crippen LogP contribution in [0.3, 0.4) is 0 Å². The maximum atomic E-state index is 11.1. The topological polar surface area (TPSA) is 58.6 Å². The summed E-state index contributed by atoms with van der Waals surface area (Å²) in [6, 6.07) is 1.77. The maximum Gasteiger partial charge on any atom is 0.252 e. The van der Waals surface area contributed by atoms with Gasteiger partial charge in [0.2, 0.25) is 0 Å². The zero-order valence-corrected chi connectivity index (χ0v) is 8.53. The number of nitrogens with one attached hydrogen (secondary N) is 1. The van der Waals surface area contributed by atoms with Crippen LogP contribution in [0, 0.1) is 6.92 Å². The quantitative estimate of drug-likeness (QED) is 0.688. The van der Waals surface area contributed by atoms with Gasteiger partial charge < -0.3 is 4.98 Å².